The molecule has 0 amide bonds. The molecule has 0 aliphatic carbocycles. The summed E-state index contributed by atoms with van der Waals surface area (Å²) in [4.78, 5) is 0. The molecule has 0 bridgehead atoms. The van der Waals surface area contributed by atoms with Gasteiger partial charge in [0.2, 0.25) is 0 Å². The first-order valence-corrected chi connectivity index (χ1v) is 12.2. The van der Waals surface area contributed by atoms with E-state index >= 15 is 0 Å². The molecule has 0 saturated carbocycles. The van der Waals surface area contributed by atoms with Crippen molar-refractivity contribution < 1.29 is 33.7 Å². The van der Waals surface area contributed by atoms with E-state index in [0.717, 1.165) is 12.8 Å². The maximum atomic E-state index is 9.43. The van der Waals surface area contributed by atoms with Crippen molar-refractivity contribution in [2.45, 2.75) is 39.4 Å². The Morgan fingerprint density at radius 2 is 1.77 bits per heavy atom. The van der Waals surface area contributed by atoms with Gasteiger partial charge in [0, 0.05) is 0 Å². The number of rotatable bonds is 6. The topological polar surface area (TPSA) is 58.9 Å². The number of hydrogen-bond acceptors (Lipinski definition) is 4. The van der Waals surface area contributed by atoms with Crippen molar-refractivity contribution in [2.75, 3.05) is 6.61 Å². The van der Waals surface area contributed by atoms with Crippen LogP contribution in [0.5, 0.6) is 0 Å². The zero-order valence-corrected chi connectivity index (χ0v) is 12.3. The first kappa shape index (κ1) is 13.9. The van der Waals surface area contributed by atoms with Crippen LogP contribution in [0.4, 0.5) is 0 Å². The first-order chi connectivity index (χ1) is 5.77. The van der Waals surface area contributed by atoms with Crippen LogP contribution < -0.4 is 0 Å². The minimum atomic E-state index is -4.54. The zero-order valence-electron chi connectivity index (χ0n) is 8.83. The molecule has 4 nitrogen and oxygen atoms in total. The predicted molar refractivity (Wildman–Crippen MR) is 49.7 cm³/mol. The second-order valence-corrected chi connectivity index (χ2v) is 13.3. The van der Waals surface area contributed by atoms with Crippen molar-refractivity contribution in [3.05, 3.63) is 0 Å². The molecular weight excluding hydrogens is 267 g/mol. The first-order valence-electron chi connectivity index (χ1n) is 4.56. The van der Waals surface area contributed by atoms with Crippen molar-refractivity contribution in [1.82, 2.24) is 0 Å². The molecular formula is C7H20O4SiZr. The van der Waals surface area contributed by atoms with Gasteiger partial charge >= 0.3 is 88.0 Å². The van der Waals surface area contributed by atoms with Gasteiger partial charge in [0.25, 0.3) is 0 Å². The van der Waals surface area contributed by atoms with E-state index in [1.54, 1.807) is 0 Å². The molecule has 0 atom stereocenters. The Kier molecular flexibility index (Phi) is 6.15. The van der Waals surface area contributed by atoms with E-state index in [-0.39, 0.29) is 0 Å². The molecule has 0 rings (SSSR count). The fourth-order valence-electron chi connectivity index (χ4n) is 0.778. The molecule has 0 aromatic rings. The van der Waals surface area contributed by atoms with Gasteiger partial charge in [0.15, 0.2) is 0 Å². The van der Waals surface area contributed by atoms with Crippen LogP contribution in [0.2, 0.25) is 19.6 Å². The molecule has 0 aliphatic heterocycles. The number of unbranched alkanes of at least 4 members (excludes halogenated alkanes) is 1. The van der Waals surface area contributed by atoms with Gasteiger partial charge in [0.1, 0.15) is 0 Å². The van der Waals surface area contributed by atoms with Crippen molar-refractivity contribution in [1.29, 1.82) is 0 Å². The Bertz CT molecular complexity index is 146. The summed E-state index contributed by atoms with van der Waals surface area (Å²) >= 11 is -4.54. The number of hydrogen-bond donors (Lipinski definition) is 2. The van der Waals surface area contributed by atoms with Gasteiger partial charge in [-0.05, 0) is 0 Å². The van der Waals surface area contributed by atoms with Crippen molar-refractivity contribution >= 4 is 8.32 Å². The average Bonchev–Trinajstić information content (AvgIpc) is 1.81. The molecule has 0 saturated heterocycles. The Morgan fingerprint density at radius 1 is 1.23 bits per heavy atom. The Hall–Kier alpha value is 0.940. The Labute approximate surface area is 87.9 Å². The van der Waals surface area contributed by atoms with Crippen LogP contribution in [0, 0.1) is 0 Å². The molecule has 2 N–H and O–H groups in total. The summed E-state index contributed by atoms with van der Waals surface area (Å²) < 4.78 is 29.1. The summed E-state index contributed by atoms with van der Waals surface area (Å²) in [7, 11) is -1.88. The van der Waals surface area contributed by atoms with Gasteiger partial charge in [0.05, 0.1) is 0 Å². The van der Waals surface area contributed by atoms with Gasteiger partial charge < -0.3 is 0 Å². The van der Waals surface area contributed by atoms with E-state index in [1.807, 2.05) is 26.6 Å². The van der Waals surface area contributed by atoms with E-state index < -0.39 is 30.3 Å². The summed E-state index contributed by atoms with van der Waals surface area (Å²) in [5, 5.41) is 0. The molecule has 0 aromatic carbocycles. The fourth-order valence-corrected chi connectivity index (χ4v) is 8.96. The maximum absolute atomic E-state index is 9.43. The fraction of sp³-hybridized carbons (Fsp3) is 1.00. The molecule has 0 aliphatic rings. The Morgan fingerprint density at radius 3 is 2.15 bits per heavy atom. The second kappa shape index (κ2) is 5.73. The van der Waals surface area contributed by atoms with Crippen molar-refractivity contribution in [3.63, 3.8) is 0 Å². The molecule has 0 spiro atoms. The van der Waals surface area contributed by atoms with E-state index in [2.05, 4.69) is 0 Å². The molecule has 13 heavy (non-hydrogen) atoms. The molecule has 0 fully saturated rings. The predicted octanol–water partition coefficient (Wildman–Crippen LogP) is 1.45. The molecule has 0 heterocycles. The van der Waals surface area contributed by atoms with Crippen LogP contribution in [-0.2, 0) is 27.3 Å². The van der Waals surface area contributed by atoms with Crippen LogP contribution in [0.1, 0.15) is 19.8 Å². The van der Waals surface area contributed by atoms with Crippen LogP contribution >= 0.6 is 0 Å². The summed E-state index contributed by atoms with van der Waals surface area (Å²) in [6, 6.07) is 0. The van der Waals surface area contributed by atoms with Crippen molar-refractivity contribution in [2.24, 2.45) is 0 Å². The standard InChI is InChI=1S/C4H9O.C3H9OSi.2H2O.Zr/c1-2-3-4-5;1-5(2,3)4;;;/h2-4H2,1H3;1-3H3;2*1H2;/q2*-1;;;+4/p-2. The normalized spacial score (nSPS) is 13.4. The molecule has 80 valence electrons. The van der Waals surface area contributed by atoms with E-state index in [1.165, 1.54) is 0 Å². The third-order valence-electron chi connectivity index (χ3n) is 1.23. The second-order valence-electron chi connectivity index (χ2n) is 3.96. The minimum absolute atomic E-state index is 0.393. The summed E-state index contributed by atoms with van der Waals surface area (Å²) in [5.41, 5.74) is 0. The molecule has 0 aromatic heterocycles. The third kappa shape index (κ3) is 9.25. The van der Waals surface area contributed by atoms with Crippen LogP contribution in [0.15, 0.2) is 0 Å². The third-order valence-corrected chi connectivity index (χ3v) is 10.0. The Balaban J connectivity index is 3.80. The summed E-state index contributed by atoms with van der Waals surface area (Å²) in [6.45, 7) is 8.15. The van der Waals surface area contributed by atoms with Gasteiger partial charge in [-0.25, -0.2) is 0 Å². The molecule has 0 radical (unpaired) electrons. The van der Waals surface area contributed by atoms with E-state index in [0.29, 0.717) is 6.61 Å². The zero-order chi connectivity index (χ0) is 10.5. The quantitative estimate of drug-likeness (QED) is 0.573. The van der Waals surface area contributed by atoms with Gasteiger partial charge in [-0.15, -0.1) is 0 Å². The monoisotopic (exact) mass is 286 g/mol. The van der Waals surface area contributed by atoms with Crippen molar-refractivity contribution in [3.8, 4) is 0 Å². The SMILES string of the molecule is CCCC[O][Zr]([OH])([OH])[O][Si](C)(C)C. The molecule has 0 unspecified atom stereocenters. The average molecular weight is 288 g/mol. The van der Waals surface area contributed by atoms with E-state index in [9.17, 15) is 6.37 Å². The van der Waals surface area contributed by atoms with Crippen LogP contribution in [-0.4, -0.2) is 21.3 Å². The van der Waals surface area contributed by atoms with Gasteiger partial charge in [-0.3, -0.25) is 0 Å². The summed E-state index contributed by atoms with van der Waals surface area (Å²) in [5.74, 6) is 0. The van der Waals surface area contributed by atoms with Gasteiger partial charge in [-0.2, -0.15) is 0 Å². The van der Waals surface area contributed by atoms with Gasteiger partial charge in [-0.1, -0.05) is 0 Å². The van der Waals surface area contributed by atoms with Crippen LogP contribution in [0.3, 0.4) is 0 Å². The van der Waals surface area contributed by atoms with E-state index in [4.69, 9.17) is 5.32 Å². The van der Waals surface area contributed by atoms with Crippen LogP contribution in [0.25, 0.3) is 0 Å². The molecule has 6 heteroatoms. The summed E-state index contributed by atoms with van der Waals surface area (Å²) in [6.07, 6.45) is 1.82.